The van der Waals surface area contributed by atoms with E-state index in [4.69, 9.17) is 5.73 Å². The number of nitrogens with one attached hydrogen (secondary N) is 1. The number of aromatic nitrogens is 2. The van der Waals surface area contributed by atoms with E-state index >= 15 is 0 Å². The van der Waals surface area contributed by atoms with Gasteiger partial charge in [-0.15, -0.1) is 0 Å². The fourth-order valence-electron chi connectivity index (χ4n) is 0.979. The molecule has 1 rings (SSSR count). The van der Waals surface area contributed by atoms with E-state index < -0.39 is 35.7 Å². The third kappa shape index (κ3) is 4.72. The van der Waals surface area contributed by atoms with Gasteiger partial charge in [-0.2, -0.15) is 8.78 Å². The van der Waals surface area contributed by atoms with Crippen LogP contribution in [0.5, 0.6) is 0 Å². The number of alkyl halides is 4. The van der Waals surface area contributed by atoms with Crippen LogP contribution in [0.4, 0.5) is 23.4 Å². The lowest BCUT2D eigenvalue weighted by atomic mass is 10.3. The van der Waals surface area contributed by atoms with Crippen molar-refractivity contribution in [1.29, 1.82) is 0 Å². The third-order valence-electron chi connectivity index (χ3n) is 1.93. The van der Waals surface area contributed by atoms with Crippen molar-refractivity contribution in [2.45, 2.75) is 17.5 Å². The van der Waals surface area contributed by atoms with Crippen LogP contribution in [0.15, 0.2) is 22.4 Å². The molecular weight excluding hydrogens is 302 g/mol. The number of guanidine groups is 1. The highest BCUT2D eigenvalue weighted by molar-refractivity contribution is 7.84. The molecule has 0 aliphatic carbocycles. The molecule has 1 atom stereocenters. The van der Waals surface area contributed by atoms with Crippen LogP contribution in [-0.2, 0) is 10.8 Å². The standard InChI is InChI=1S/C9H11F4N5OS/c1-20(19)8-15-3-2-5(18-8)17-7(14)16-4-9(12,13)6(10)11/h2-3,6H,4H2,1H3,(H3,14,15,16,17,18). The molecule has 6 nitrogen and oxygen atoms in total. The number of anilines is 1. The average Bonchev–Trinajstić information content (AvgIpc) is 2.36. The van der Waals surface area contributed by atoms with Gasteiger partial charge in [-0.25, -0.2) is 23.7 Å². The molecule has 1 aromatic rings. The second-order valence-corrected chi connectivity index (χ2v) is 4.84. The van der Waals surface area contributed by atoms with Crippen molar-refractivity contribution in [2.24, 2.45) is 10.7 Å². The van der Waals surface area contributed by atoms with Gasteiger partial charge in [0.05, 0.1) is 10.8 Å². The summed E-state index contributed by atoms with van der Waals surface area (Å²) in [6.45, 7) is -1.46. The third-order valence-corrected chi connectivity index (χ3v) is 2.64. The predicted molar refractivity (Wildman–Crippen MR) is 65.4 cm³/mol. The molecule has 3 N–H and O–H groups in total. The van der Waals surface area contributed by atoms with E-state index in [1.807, 2.05) is 0 Å². The lowest BCUT2D eigenvalue weighted by Gasteiger charge is -2.12. The predicted octanol–water partition coefficient (Wildman–Crippen LogP) is 0.841. The van der Waals surface area contributed by atoms with Crippen molar-refractivity contribution in [2.75, 3.05) is 18.1 Å². The number of nitrogens with two attached hydrogens (primary N) is 1. The Hall–Kier alpha value is -1.78. The summed E-state index contributed by atoms with van der Waals surface area (Å²) in [5.41, 5.74) is 5.26. The molecule has 0 aliphatic heterocycles. The van der Waals surface area contributed by atoms with Crippen LogP contribution in [0, 0.1) is 0 Å². The van der Waals surface area contributed by atoms with Crippen molar-refractivity contribution in [3.8, 4) is 0 Å². The Morgan fingerprint density at radius 3 is 2.80 bits per heavy atom. The molecule has 20 heavy (non-hydrogen) atoms. The highest BCUT2D eigenvalue weighted by Gasteiger charge is 2.40. The Balaban J connectivity index is 2.73. The molecule has 11 heteroatoms. The van der Waals surface area contributed by atoms with E-state index in [0.29, 0.717) is 0 Å². The van der Waals surface area contributed by atoms with Crippen LogP contribution >= 0.6 is 0 Å². The summed E-state index contributed by atoms with van der Waals surface area (Å²) in [6.07, 6.45) is -1.21. The molecule has 0 radical (unpaired) electrons. The highest BCUT2D eigenvalue weighted by Crippen LogP contribution is 2.22. The van der Waals surface area contributed by atoms with Gasteiger partial charge in [0.2, 0.25) is 5.16 Å². The number of aliphatic imine (C=N–C) groups is 1. The van der Waals surface area contributed by atoms with Crippen LogP contribution in [0.1, 0.15) is 0 Å². The van der Waals surface area contributed by atoms with Crippen LogP contribution in [0.3, 0.4) is 0 Å². The van der Waals surface area contributed by atoms with Gasteiger partial charge in [0.1, 0.15) is 12.4 Å². The molecule has 1 unspecified atom stereocenters. The maximum Gasteiger partial charge on any atom is 0.326 e. The molecule has 0 aliphatic rings. The summed E-state index contributed by atoms with van der Waals surface area (Å²) >= 11 is 0. The Morgan fingerprint density at radius 2 is 2.25 bits per heavy atom. The molecule has 0 saturated heterocycles. The number of nitrogens with zero attached hydrogens (tertiary/aromatic N) is 3. The lowest BCUT2D eigenvalue weighted by Crippen LogP contribution is -2.33. The van der Waals surface area contributed by atoms with Crippen LogP contribution in [-0.4, -0.2) is 45.3 Å². The molecule has 1 heterocycles. The summed E-state index contributed by atoms with van der Waals surface area (Å²) in [5, 5.41) is 2.31. The van der Waals surface area contributed by atoms with Crippen molar-refractivity contribution < 1.29 is 21.8 Å². The maximum atomic E-state index is 12.6. The minimum absolute atomic E-state index is 0.000658. The normalized spacial score (nSPS) is 14.4. The maximum absolute atomic E-state index is 12.6. The number of hydrogen-bond donors (Lipinski definition) is 2. The van der Waals surface area contributed by atoms with E-state index in [0.717, 1.165) is 0 Å². The molecule has 0 amide bonds. The van der Waals surface area contributed by atoms with Crippen LogP contribution in [0.2, 0.25) is 0 Å². The van der Waals surface area contributed by atoms with Crippen LogP contribution < -0.4 is 11.1 Å². The quantitative estimate of drug-likeness (QED) is 0.364. The molecular formula is C9H11F4N5OS. The molecule has 0 fully saturated rings. The molecule has 0 bridgehead atoms. The molecule has 0 aromatic carbocycles. The Kier molecular flexibility index (Phi) is 5.36. The average molecular weight is 313 g/mol. The second-order valence-electron chi connectivity index (χ2n) is 3.57. The van der Waals surface area contributed by atoms with Crippen molar-refractivity contribution in [3.63, 3.8) is 0 Å². The minimum Gasteiger partial charge on any atom is -0.370 e. The van der Waals surface area contributed by atoms with Gasteiger partial charge in [-0.05, 0) is 6.07 Å². The SMILES string of the molecule is CS(=O)c1nccc(NC(N)=NCC(F)(F)C(F)F)n1. The summed E-state index contributed by atoms with van der Waals surface area (Å²) in [6, 6.07) is 1.32. The summed E-state index contributed by atoms with van der Waals surface area (Å²) in [7, 11) is -1.44. The molecule has 0 saturated carbocycles. The molecule has 1 aromatic heterocycles. The zero-order chi connectivity index (χ0) is 15.3. The van der Waals surface area contributed by atoms with E-state index in [9.17, 15) is 21.8 Å². The first-order valence-corrected chi connectivity index (χ1v) is 6.67. The molecule has 112 valence electrons. The number of rotatable bonds is 5. The van der Waals surface area contributed by atoms with Crippen LogP contribution in [0.25, 0.3) is 0 Å². The van der Waals surface area contributed by atoms with Crippen molar-refractivity contribution in [3.05, 3.63) is 12.3 Å². The Morgan fingerprint density at radius 1 is 1.60 bits per heavy atom. The van der Waals surface area contributed by atoms with E-state index in [2.05, 4.69) is 20.3 Å². The fourth-order valence-corrected chi connectivity index (χ4v) is 1.42. The molecule has 0 spiro atoms. The van der Waals surface area contributed by atoms with Gasteiger partial charge < -0.3 is 11.1 Å². The van der Waals surface area contributed by atoms with Crippen molar-refractivity contribution in [1.82, 2.24) is 9.97 Å². The lowest BCUT2D eigenvalue weighted by molar-refractivity contribution is -0.119. The first-order chi connectivity index (χ1) is 9.22. The Bertz CT molecular complexity index is 525. The Labute approximate surface area is 114 Å². The smallest absolute Gasteiger partial charge is 0.326 e. The zero-order valence-electron chi connectivity index (χ0n) is 10.2. The summed E-state index contributed by atoms with van der Waals surface area (Å²) < 4.78 is 60.1. The topological polar surface area (TPSA) is 93.3 Å². The van der Waals surface area contributed by atoms with Gasteiger partial charge in [0.15, 0.2) is 5.96 Å². The van der Waals surface area contributed by atoms with E-state index in [1.54, 1.807) is 0 Å². The first kappa shape index (κ1) is 16.3. The van der Waals surface area contributed by atoms with Crippen molar-refractivity contribution >= 4 is 22.6 Å². The second kappa shape index (κ2) is 6.59. The number of halogens is 4. The van der Waals surface area contributed by atoms with E-state index in [-0.39, 0.29) is 11.0 Å². The summed E-state index contributed by atoms with van der Waals surface area (Å²) in [5.74, 6) is -4.71. The largest absolute Gasteiger partial charge is 0.370 e. The fraction of sp³-hybridized carbons (Fsp3) is 0.444. The van der Waals surface area contributed by atoms with Gasteiger partial charge in [0.25, 0.3) is 0 Å². The van der Waals surface area contributed by atoms with Gasteiger partial charge in [0, 0.05) is 12.5 Å². The zero-order valence-corrected chi connectivity index (χ0v) is 11.0. The minimum atomic E-state index is -4.26. The summed E-state index contributed by atoms with van der Waals surface area (Å²) in [4.78, 5) is 10.6. The van der Waals surface area contributed by atoms with Gasteiger partial charge in [-0.3, -0.25) is 4.21 Å². The monoisotopic (exact) mass is 313 g/mol. The van der Waals surface area contributed by atoms with Gasteiger partial charge >= 0.3 is 12.3 Å². The highest BCUT2D eigenvalue weighted by atomic mass is 32.2. The van der Waals surface area contributed by atoms with E-state index in [1.165, 1.54) is 18.5 Å². The van der Waals surface area contributed by atoms with Gasteiger partial charge in [-0.1, -0.05) is 0 Å². The first-order valence-electron chi connectivity index (χ1n) is 5.12. The number of hydrogen-bond acceptors (Lipinski definition) is 4.